The quantitative estimate of drug-likeness (QED) is 0.650. The van der Waals surface area contributed by atoms with Crippen molar-refractivity contribution in [3.63, 3.8) is 0 Å². The van der Waals surface area contributed by atoms with Crippen molar-refractivity contribution in [1.82, 2.24) is 4.31 Å². The van der Waals surface area contributed by atoms with Crippen LogP contribution in [-0.4, -0.2) is 52.0 Å². The monoisotopic (exact) mass is 470 g/mol. The number of amides is 1. The summed E-state index contributed by atoms with van der Waals surface area (Å²) in [6.07, 6.45) is 2.90. The van der Waals surface area contributed by atoms with E-state index in [0.29, 0.717) is 34.5 Å². The number of sulfonamides is 1. The Labute approximate surface area is 185 Å². The first-order chi connectivity index (χ1) is 14.3. The van der Waals surface area contributed by atoms with Crippen LogP contribution in [0.3, 0.4) is 0 Å². The molecule has 1 N–H and O–H groups in total. The van der Waals surface area contributed by atoms with E-state index in [4.69, 9.17) is 32.7 Å². The van der Waals surface area contributed by atoms with E-state index in [0.717, 1.165) is 0 Å². The molecular formula is C20H20Cl2N2O5S. The Balaban J connectivity index is 1.79. The Kier molecular flexibility index (Phi) is 7.38. The molecule has 7 nitrogen and oxygen atoms in total. The molecule has 0 aliphatic carbocycles. The van der Waals surface area contributed by atoms with Gasteiger partial charge in [0.15, 0.2) is 0 Å². The summed E-state index contributed by atoms with van der Waals surface area (Å²) in [5.74, 6) is -0.230. The normalized spacial score (nSPS) is 15.3. The van der Waals surface area contributed by atoms with Crippen molar-refractivity contribution < 1.29 is 22.7 Å². The third-order valence-electron chi connectivity index (χ3n) is 4.39. The maximum atomic E-state index is 13.0. The third kappa shape index (κ3) is 5.33. The highest BCUT2D eigenvalue weighted by Crippen LogP contribution is 2.30. The first-order valence-electron chi connectivity index (χ1n) is 9.01. The number of methoxy groups -OCH3 is 1. The molecule has 1 aliphatic heterocycles. The van der Waals surface area contributed by atoms with Crippen LogP contribution in [0.15, 0.2) is 47.4 Å². The van der Waals surface area contributed by atoms with Crippen LogP contribution >= 0.6 is 23.2 Å². The van der Waals surface area contributed by atoms with E-state index in [9.17, 15) is 13.2 Å². The van der Waals surface area contributed by atoms with Crippen molar-refractivity contribution in [2.24, 2.45) is 0 Å². The fourth-order valence-corrected chi connectivity index (χ4v) is 4.75. The summed E-state index contributed by atoms with van der Waals surface area (Å²) < 4.78 is 37.8. The number of carbonyl (C=O) groups is 1. The molecule has 1 heterocycles. The molecule has 1 fully saturated rings. The molecule has 1 saturated heterocycles. The van der Waals surface area contributed by atoms with Gasteiger partial charge in [0.1, 0.15) is 10.6 Å². The number of nitrogens with zero attached hydrogens (tertiary/aromatic N) is 1. The smallest absolute Gasteiger partial charge is 0.248 e. The molecule has 0 radical (unpaired) electrons. The van der Waals surface area contributed by atoms with Crippen LogP contribution in [0.5, 0.6) is 5.75 Å². The molecule has 10 heteroatoms. The lowest BCUT2D eigenvalue weighted by atomic mass is 10.2. The first-order valence-corrected chi connectivity index (χ1v) is 11.2. The SMILES string of the molecule is COc1ccc(NC(=O)/C=C/c2ccc(Cl)c(Cl)c2)cc1S(=O)(=O)N1CCOCC1. The second kappa shape index (κ2) is 9.80. The number of nitrogens with one attached hydrogen (secondary N) is 1. The van der Waals surface area contributed by atoms with Gasteiger partial charge >= 0.3 is 0 Å². The fourth-order valence-electron chi connectivity index (χ4n) is 2.85. The van der Waals surface area contributed by atoms with Gasteiger partial charge in [-0.15, -0.1) is 0 Å². The molecular weight excluding hydrogens is 451 g/mol. The lowest BCUT2D eigenvalue weighted by Crippen LogP contribution is -2.40. The summed E-state index contributed by atoms with van der Waals surface area (Å²) in [4.78, 5) is 12.3. The van der Waals surface area contributed by atoms with Crippen LogP contribution in [-0.2, 0) is 19.6 Å². The van der Waals surface area contributed by atoms with Crippen LogP contribution < -0.4 is 10.1 Å². The third-order valence-corrected chi connectivity index (χ3v) is 7.05. The van der Waals surface area contributed by atoms with Crippen molar-refractivity contribution in [3.05, 3.63) is 58.1 Å². The molecule has 0 bridgehead atoms. The van der Waals surface area contributed by atoms with Gasteiger partial charge in [0.25, 0.3) is 0 Å². The Morgan fingerprint density at radius 3 is 2.53 bits per heavy atom. The van der Waals surface area contributed by atoms with E-state index in [2.05, 4.69) is 5.32 Å². The Morgan fingerprint density at radius 2 is 1.87 bits per heavy atom. The summed E-state index contributed by atoms with van der Waals surface area (Å²) in [5, 5.41) is 3.46. The second-order valence-electron chi connectivity index (χ2n) is 6.38. The molecule has 0 aromatic heterocycles. The van der Waals surface area contributed by atoms with Gasteiger partial charge in [0.2, 0.25) is 15.9 Å². The zero-order chi connectivity index (χ0) is 21.7. The number of carbonyl (C=O) groups excluding carboxylic acids is 1. The summed E-state index contributed by atoms with van der Waals surface area (Å²) in [5.41, 5.74) is 1.02. The molecule has 0 spiro atoms. The van der Waals surface area contributed by atoms with E-state index in [1.165, 1.54) is 29.6 Å². The van der Waals surface area contributed by atoms with Crippen molar-refractivity contribution >= 4 is 50.9 Å². The molecule has 2 aromatic carbocycles. The van der Waals surface area contributed by atoms with Gasteiger partial charge in [-0.1, -0.05) is 29.3 Å². The molecule has 1 aliphatic rings. The number of rotatable bonds is 6. The van der Waals surface area contributed by atoms with Crippen molar-refractivity contribution in [3.8, 4) is 5.75 Å². The largest absolute Gasteiger partial charge is 0.495 e. The first kappa shape index (κ1) is 22.6. The maximum Gasteiger partial charge on any atom is 0.248 e. The predicted molar refractivity (Wildman–Crippen MR) is 117 cm³/mol. The minimum Gasteiger partial charge on any atom is -0.495 e. The predicted octanol–water partition coefficient (Wildman–Crippen LogP) is 3.67. The zero-order valence-corrected chi connectivity index (χ0v) is 18.4. The molecule has 0 unspecified atom stereocenters. The number of anilines is 1. The molecule has 160 valence electrons. The molecule has 1 amide bonds. The van der Waals surface area contributed by atoms with Gasteiger partial charge < -0.3 is 14.8 Å². The van der Waals surface area contributed by atoms with Crippen LogP contribution in [0.4, 0.5) is 5.69 Å². The number of ether oxygens (including phenoxy) is 2. The van der Waals surface area contributed by atoms with E-state index in [-0.39, 0.29) is 23.7 Å². The van der Waals surface area contributed by atoms with Gasteiger partial charge in [-0.05, 0) is 42.0 Å². The number of hydrogen-bond acceptors (Lipinski definition) is 5. The number of morpholine rings is 1. The van der Waals surface area contributed by atoms with Crippen LogP contribution in [0, 0.1) is 0 Å². The lowest BCUT2D eigenvalue weighted by molar-refractivity contribution is -0.111. The standard InChI is InChI=1S/C20H20Cl2N2O5S/c1-28-18-6-4-15(13-19(18)30(26,27)24-8-10-29-11-9-24)23-20(25)7-3-14-2-5-16(21)17(22)12-14/h2-7,12-13H,8-11H2,1H3,(H,23,25)/b7-3+. The molecule has 0 saturated carbocycles. The van der Waals surface area contributed by atoms with Gasteiger partial charge in [-0.2, -0.15) is 4.31 Å². The van der Waals surface area contributed by atoms with Crippen molar-refractivity contribution in [2.45, 2.75) is 4.90 Å². The number of hydrogen-bond donors (Lipinski definition) is 1. The Bertz CT molecular complexity index is 1070. The Morgan fingerprint density at radius 1 is 1.13 bits per heavy atom. The van der Waals surface area contributed by atoms with E-state index in [1.807, 2.05) is 0 Å². The maximum absolute atomic E-state index is 13.0. The van der Waals surface area contributed by atoms with Crippen molar-refractivity contribution in [2.75, 3.05) is 38.7 Å². The average Bonchev–Trinajstić information content (AvgIpc) is 2.75. The number of benzene rings is 2. The summed E-state index contributed by atoms with van der Waals surface area (Å²) in [6, 6.07) is 9.45. The lowest BCUT2D eigenvalue weighted by Gasteiger charge is -2.26. The van der Waals surface area contributed by atoms with Crippen LogP contribution in [0.2, 0.25) is 10.0 Å². The zero-order valence-electron chi connectivity index (χ0n) is 16.1. The van der Waals surface area contributed by atoms with Crippen molar-refractivity contribution in [1.29, 1.82) is 0 Å². The Hall–Kier alpha value is -2.10. The summed E-state index contributed by atoms with van der Waals surface area (Å²) in [6.45, 7) is 1.18. The van der Waals surface area contributed by atoms with Crippen LogP contribution in [0.25, 0.3) is 6.08 Å². The molecule has 3 rings (SSSR count). The van der Waals surface area contributed by atoms with E-state index < -0.39 is 15.9 Å². The van der Waals surface area contributed by atoms with E-state index in [1.54, 1.807) is 30.3 Å². The molecule has 30 heavy (non-hydrogen) atoms. The van der Waals surface area contributed by atoms with Gasteiger partial charge in [0, 0.05) is 24.9 Å². The highest BCUT2D eigenvalue weighted by atomic mass is 35.5. The molecule has 0 atom stereocenters. The van der Waals surface area contributed by atoms with Gasteiger partial charge in [0.05, 0.1) is 30.4 Å². The van der Waals surface area contributed by atoms with Gasteiger partial charge in [-0.25, -0.2) is 8.42 Å². The summed E-state index contributed by atoms with van der Waals surface area (Å²) >= 11 is 11.8. The number of halogens is 2. The second-order valence-corrected chi connectivity index (χ2v) is 9.10. The fraction of sp³-hybridized carbons (Fsp3) is 0.250. The topological polar surface area (TPSA) is 84.9 Å². The minimum atomic E-state index is -3.80. The average molecular weight is 471 g/mol. The van der Waals surface area contributed by atoms with E-state index >= 15 is 0 Å². The highest BCUT2D eigenvalue weighted by Gasteiger charge is 2.29. The van der Waals surface area contributed by atoms with Crippen LogP contribution in [0.1, 0.15) is 5.56 Å². The minimum absolute atomic E-state index is 0.0156. The molecule has 2 aromatic rings. The summed E-state index contributed by atoms with van der Waals surface area (Å²) in [7, 11) is -2.40. The highest BCUT2D eigenvalue weighted by molar-refractivity contribution is 7.89. The van der Waals surface area contributed by atoms with Gasteiger partial charge in [-0.3, -0.25) is 4.79 Å².